The third-order valence-electron chi connectivity index (χ3n) is 3.71. The lowest BCUT2D eigenvalue weighted by atomic mass is 10.1. The van der Waals surface area contributed by atoms with Gasteiger partial charge in [0.25, 0.3) is 0 Å². The molecule has 0 saturated carbocycles. The quantitative estimate of drug-likeness (QED) is 0.915. The summed E-state index contributed by atoms with van der Waals surface area (Å²) in [5.74, 6) is 0.927. The van der Waals surface area contributed by atoms with Crippen molar-refractivity contribution in [3.05, 3.63) is 29.6 Å². The Bertz CT molecular complexity index is 605. The molecule has 1 unspecified atom stereocenters. The topological polar surface area (TPSA) is 63.4 Å². The Morgan fingerprint density at radius 1 is 1.52 bits per heavy atom. The van der Waals surface area contributed by atoms with E-state index in [4.69, 9.17) is 5.73 Å². The van der Waals surface area contributed by atoms with Crippen molar-refractivity contribution >= 4 is 27.3 Å². The number of rotatable bonds is 4. The Kier molecular flexibility index (Phi) is 5.16. The van der Waals surface area contributed by atoms with Crippen LogP contribution in [0, 0.1) is 5.82 Å². The molecule has 2 N–H and O–H groups in total. The van der Waals surface area contributed by atoms with Crippen LogP contribution in [0.25, 0.3) is 0 Å². The van der Waals surface area contributed by atoms with Crippen molar-refractivity contribution in [2.75, 3.05) is 28.7 Å². The molecule has 1 aromatic rings. The van der Waals surface area contributed by atoms with Gasteiger partial charge < -0.3 is 10.6 Å². The van der Waals surface area contributed by atoms with E-state index < -0.39 is 21.0 Å². The van der Waals surface area contributed by atoms with Gasteiger partial charge in [0, 0.05) is 29.8 Å². The zero-order valence-corrected chi connectivity index (χ0v) is 13.9. The van der Waals surface area contributed by atoms with Gasteiger partial charge in [-0.1, -0.05) is 13.0 Å². The maximum atomic E-state index is 14.4. The average molecular weight is 332 g/mol. The molecule has 118 valence electrons. The third kappa shape index (κ3) is 3.52. The molecule has 1 saturated heterocycles. The zero-order valence-electron chi connectivity index (χ0n) is 12.3. The molecule has 1 aromatic carbocycles. The fourth-order valence-electron chi connectivity index (χ4n) is 2.39. The number of benzene rings is 1. The predicted octanol–water partition coefficient (Wildman–Crippen LogP) is 2.16. The van der Waals surface area contributed by atoms with Crippen LogP contribution in [0.2, 0.25) is 0 Å². The highest BCUT2D eigenvalue weighted by molar-refractivity contribution is 8.01. The van der Waals surface area contributed by atoms with Crippen molar-refractivity contribution in [3.8, 4) is 0 Å². The lowest BCUT2D eigenvalue weighted by Gasteiger charge is -2.36. The molecule has 2 rings (SSSR count). The minimum atomic E-state index is -3.25. The Morgan fingerprint density at radius 2 is 2.24 bits per heavy atom. The van der Waals surface area contributed by atoms with Gasteiger partial charge in [-0.3, -0.25) is 0 Å². The molecule has 7 heteroatoms. The molecule has 2 atom stereocenters. The van der Waals surface area contributed by atoms with Crippen LogP contribution in [-0.4, -0.2) is 37.6 Å². The summed E-state index contributed by atoms with van der Waals surface area (Å²) in [6.07, 6.45) is 0. The van der Waals surface area contributed by atoms with Crippen molar-refractivity contribution in [1.82, 2.24) is 0 Å². The molecule has 0 amide bonds. The van der Waals surface area contributed by atoms with Gasteiger partial charge in [0.2, 0.25) is 0 Å². The molecule has 0 aliphatic carbocycles. The van der Waals surface area contributed by atoms with E-state index in [0.717, 1.165) is 5.75 Å². The molecule has 0 radical (unpaired) electrons. The van der Waals surface area contributed by atoms with Gasteiger partial charge in [-0.05, 0) is 24.6 Å². The number of nitrogens with zero attached hydrogens (tertiary/aromatic N) is 1. The summed E-state index contributed by atoms with van der Waals surface area (Å²) in [5.41, 5.74) is 6.80. The standard InChI is InChI=1S/C14H21FN2O2S2/c1-3-21(18,19)14-9-20-7-6-17(14)13-5-4-11(10(2)16)8-12(13)15/h4-5,8,10,14H,3,6-7,9,16H2,1-2H3/t10-,14?/m0/s1. The summed E-state index contributed by atoms with van der Waals surface area (Å²) in [5, 5.41) is -0.656. The van der Waals surface area contributed by atoms with E-state index >= 15 is 0 Å². The SMILES string of the molecule is CCS(=O)(=O)C1CSCCN1c1ccc([C@H](C)N)cc1F. The van der Waals surface area contributed by atoms with Gasteiger partial charge in [0.15, 0.2) is 9.84 Å². The van der Waals surface area contributed by atoms with Crippen molar-refractivity contribution in [2.24, 2.45) is 5.73 Å². The summed E-state index contributed by atoms with van der Waals surface area (Å²) >= 11 is 1.59. The van der Waals surface area contributed by atoms with Gasteiger partial charge in [-0.15, -0.1) is 0 Å². The van der Waals surface area contributed by atoms with Crippen LogP contribution in [0.15, 0.2) is 18.2 Å². The zero-order chi connectivity index (χ0) is 15.6. The number of hydrogen-bond donors (Lipinski definition) is 1. The molecule has 0 bridgehead atoms. The first-order valence-corrected chi connectivity index (χ1v) is 9.84. The number of nitrogens with two attached hydrogens (primary N) is 1. The summed E-state index contributed by atoms with van der Waals surface area (Å²) in [7, 11) is -3.25. The minimum absolute atomic E-state index is 0.0638. The maximum Gasteiger partial charge on any atom is 0.171 e. The Morgan fingerprint density at radius 3 is 2.81 bits per heavy atom. The van der Waals surface area contributed by atoms with Crippen LogP contribution in [0.1, 0.15) is 25.5 Å². The van der Waals surface area contributed by atoms with Crippen LogP contribution in [0.4, 0.5) is 10.1 Å². The van der Waals surface area contributed by atoms with Crippen molar-refractivity contribution in [3.63, 3.8) is 0 Å². The molecular formula is C14H21FN2O2S2. The minimum Gasteiger partial charge on any atom is -0.351 e. The molecule has 21 heavy (non-hydrogen) atoms. The normalized spacial score (nSPS) is 21.3. The molecule has 0 aromatic heterocycles. The van der Waals surface area contributed by atoms with E-state index in [-0.39, 0.29) is 11.8 Å². The van der Waals surface area contributed by atoms with E-state index in [2.05, 4.69) is 0 Å². The second-order valence-corrected chi connectivity index (χ2v) is 8.77. The molecule has 4 nitrogen and oxygen atoms in total. The van der Waals surface area contributed by atoms with Crippen LogP contribution in [0.5, 0.6) is 0 Å². The Balaban J connectivity index is 2.38. The third-order valence-corrected chi connectivity index (χ3v) is 7.00. The van der Waals surface area contributed by atoms with Crippen molar-refractivity contribution in [1.29, 1.82) is 0 Å². The highest BCUT2D eigenvalue weighted by Gasteiger charge is 2.34. The average Bonchev–Trinajstić information content (AvgIpc) is 2.47. The summed E-state index contributed by atoms with van der Waals surface area (Å²) in [4.78, 5) is 1.68. The monoisotopic (exact) mass is 332 g/mol. The fourth-order valence-corrected chi connectivity index (χ4v) is 5.37. The van der Waals surface area contributed by atoms with Crippen LogP contribution < -0.4 is 10.6 Å². The summed E-state index contributed by atoms with van der Waals surface area (Å²) in [6.45, 7) is 3.95. The van der Waals surface area contributed by atoms with Gasteiger partial charge in [-0.25, -0.2) is 12.8 Å². The first-order valence-electron chi connectivity index (χ1n) is 6.97. The largest absolute Gasteiger partial charge is 0.351 e. The number of anilines is 1. The highest BCUT2D eigenvalue weighted by Crippen LogP contribution is 2.30. The first-order chi connectivity index (χ1) is 9.86. The van der Waals surface area contributed by atoms with Crippen molar-refractivity contribution in [2.45, 2.75) is 25.3 Å². The Hall–Kier alpha value is -0.790. The van der Waals surface area contributed by atoms with E-state index in [0.29, 0.717) is 23.5 Å². The van der Waals surface area contributed by atoms with E-state index in [9.17, 15) is 12.8 Å². The first kappa shape index (κ1) is 16.6. The number of thioether (sulfide) groups is 1. The van der Waals surface area contributed by atoms with Gasteiger partial charge >= 0.3 is 0 Å². The number of halogens is 1. The Labute approximate surface area is 129 Å². The fraction of sp³-hybridized carbons (Fsp3) is 0.571. The maximum absolute atomic E-state index is 14.4. The summed E-state index contributed by atoms with van der Waals surface area (Å²) < 4.78 is 38.8. The second kappa shape index (κ2) is 6.54. The number of hydrogen-bond acceptors (Lipinski definition) is 5. The summed E-state index contributed by atoms with van der Waals surface area (Å²) in [6, 6.07) is 4.56. The molecule has 1 aliphatic heterocycles. The predicted molar refractivity (Wildman–Crippen MR) is 86.9 cm³/mol. The van der Waals surface area contributed by atoms with Gasteiger partial charge in [0.05, 0.1) is 5.69 Å². The van der Waals surface area contributed by atoms with Crippen LogP contribution >= 0.6 is 11.8 Å². The highest BCUT2D eigenvalue weighted by atomic mass is 32.2. The van der Waals surface area contributed by atoms with Crippen molar-refractivity contribution < 1.29 is 12.8 Å². The van der Waals surface area contributed by atoms with Crippen LogP contribution in [0.3, 0.4) is 0 Å². The molecule has 1 fully saturated rings. The number of sulfone groups is 1. The molecule has 1 aliphatic rings. The lowest BCUT2D eigenvalue weighted by Crippen LogP contribution is -2.48. The molecule has 0 spiro atoms. The molecular weight excluding hydrogens is 311 g/mol. The van der Waals surface area contributed by atoms with Crippen LogP contribution in [-0.2, 0) is 9.84 Å². The van der Waals surface area contributed by atoms with E-state index in [1.807, 2.05) is 0 Å². The molecule has 1 heterocycles. The van der Waals surface area contributed by atoms with Gasteiger partial charge in [0.1, 0.15) is 11.2 Å². The smallest absolute Gasteiger partial charge is 0.171 e. The second-order valence-electron chi connectivity index (χ2n) is 5.17. The van der Waals surface area contributed by atoms with Gasteiger partial charge in [-0.2, -0.15) is 11.8 Å². The van der Waals surface area contributed by atoms with E-state index in [1.165, 1.54) is 6.07 Å². The van der Waals surface area contributed by atoms with E-state index in [1.54, 1.807) is 42.6 Å². The lowest BCUT2D eigenvalue weighted by molar-refractivity contribution is 0.573.